The molecule has 0 spiro atoms. The van der Waals surface area contributed by atoms with E-state index >= 15 is 0 Å². The zero-order valence-electron chi connectivity index (χ0n) is 9.97. The lowest BCUT2D eigenvalue weighted by molar-refractivity contribution is -0.133. The lowest BCUT2D eigenvalue weighted by Crippen LogP contribution is -2.14. The lowest BCUT2D eigenvalue weighted by Gasteiger charge is -2.10. The second-order valence-electron chi connectivity index (χ2n) is 3.74. The summed E-state index contributed by atoms with van der Waals surface area (Å²) in [5.41, 5.74) is 0. The molecule has 1 atom stereocenters. The fourth-order valence-electron chi connectivity index (χ4n) is 1.24. The average molecular weight is 275 g/mol. The molecule has 0 bridgehead atoms. The van der Waals surface area contributed by atoms with E-state index in [0.717, 1.165) is 11.6 Å². The molecule has 7 heteroatoms. The summed E-state index contributed by atoms with van der Waals surface area (Å²) >= 11 is 2.60. The summed E-state index contributed by atoms with van der Waals surface area (Å²) in [5, 5.41) is 20.5. The van der Waals surface area contributed by atoms with Crippen LogP contribution in [0.2, 0.25) is 0 Å². The van der Waals surface area contributed by atoms with E-state index in [1.54, 1.807) is 0 Å². The predicted molar refractivity (Wildman–Crippen MR) is 70.9 cm³/mol. The third kappa shape index (κ3) is 5.88. The summed E-state index contributed by atoms with van der Waals surface area (Å²) < 4.78 is 0.692. The molecular weight excluding hydrogens is 258 g/mol. The first kappa shape index (κ1) is 14.2. The minimum atomic E-state index is -0.837. The number of aromatic nitrogens is 2. The molecule has 0 saturated heterocycles. The summed E-state index contributed by atoms with van der Waals surface area (Å²) in [6.07, 6.45) is 3.48. The highest BCUT2D eigenvalue weighted by molar-refractivity contribution is 8.01. The van der Waals surface area contributed by atoms with Gasteiger partial charge in [0.05, 0.1) is 5.75 Å². The zero-order chi connectivity index (χ0) is 12.7. The Morgan fingerprint density at radius 1 is 1.59 bits per heavy atom. The molecule has 0 aromatic carbocycles. The standard InChI is InChI=1S/C10H17N3O2S2/c1-3-4-5-7(2)11-9-12-13-10(17-9)16-6-8(14)15/h7H,3-6H2,1-2H3,(H,11,12)(H,14,15). The van der Waals surface area contributed by atoms with E-state index in [2.05, 4.69) is 29.4 Å². The van der Waals surface area contributed by atoms with E-state index in [1.165, 1.54) is 35.9 Å². The third-order valence-corrected chi connectivity index (χ3v) is 4.06. The molecule has 0 fully saturated rings. The zero-order valence-corrected chi connectivity index (χ0v) is 11.6. The number of nitrogens with one attached hydrogen (secondary N) is 1. The highest BCUT2D eigenvalue weighted by Gasteiger charge is 2.09. The van der Waals surface area contributed by atoms with Crippen LogP contribution in [0.1, 0.15) is 33.1 Å². The molecule has 0 aliphatic heterocycles. The minimum Gasteiger partial charge on any atom is -0.481 e. The molecule has 96 valence electrons. The van der Waals surface area contributed by atoms with Crippen molar-refractivity contribution in [2.75, 3.05) is 11.1 Å². The van der Waals surface area contributed by atoms with E-state index in [-0.39, 0.29) is 5.75 Å². The van der Waals surface area contributed by atoms with Gasteiger partial charge in [0.15, 0.2) is 4.34 Å². The lowest BCUT2D eigenvalue weighted by atomic mass is 10.1. The first-order valence-electron chi connectivity index (χ1n) is 5.56. The van der Waals surface area contributed by atoms with Crippen LogP contribution in [0.25, 0.3) is 0 Å². The molecule has 0 aliphatic rings. The molecule has 5 nitrogen and oxygen atoms in total. The molecule has 0 aliphatic carbocycles. The van der Waals surface area contributed by atoms with Gasteiger partial charge in [0.1, 0.15) is 0 Å². The van der Waals surface area contributed by atoms with Crippen molar-refractivity contribution in [1.82, 2.24) is 10.2 Å². The van der Waals surface area contributed by atoms with Crippen LogP contribution in [0.15, 0.2) is 4.34 Å². The van der Waals surface area contributed by atoms with E-state index in [0.29, 0.717) is 10.4 Å². The maximum Gasteiger partial charge on any atom is 0.313 e. The van der Waals surface area contributed by atoms with Gasteiger partial charge in [0, 0.05) is 6.04 Å². The SMILES string of the molecule is CCCCC(C)Nc1nnc(SCC(=O)O)s1. The fourth-order valence-corrected chi connectivity index (χ4v) is 2.83. The number of thioether (sulfide) groups is 1. The van der Waals surface area contributed by atoms with Crippen LogP contribution >= 0.6 is 23.1 Å². The van der Waals surface area contributed by atoms with Crippen molar-refractivity contribution >= 4 is 34.2 Å². The molecule has 1 aromatic heterocycles. The van der Waals surface area contributed by atoms with Crippen molar-refractivity contribution in [2.45, 2.75) is 43.5 Å². The number of anilines is 1. The number of hydrogen-bond donors (Lipinski definition) is 2. The molecule has 1 aromatic rings. The van der Waals surface area contributed by atoms with E-state index in [4.69, 9.17) is 5.11 Å². The highest BCUT2D eigenvalue weighted by Crippen LogP contribution is 2.25. The van der Waals surface area contributed by atoms with Crippen molar-refractivity contribution in [3.05, 3.63) is 0 Å². The Morgan fingerprint density at radius 3 is 3.00 bits per heavy atom. The minimum absolute atomic E-state index is 0.0278. The second kappa shape index (κ2) is 7.50. The maximum absolute atomic E-state index is 10.4. The van der Waals surface area contributed by atoms with E-state index in [1.807, 2.05) is 0 Å². The van der Waals surface area contributed by atoms with Gasteiger partial charge in [-0.25, -0.2) is 0 Å². The van der Waals surface area contributed by atoms with Gasteiger partial charge in [-0.15, -0.1) is 10.2 Å². The smallest absolute Gasteiger partial charge is 0.313 e. The number of nitrogens with zero attached hydrogens (tertiary/aromatic N) is 2. The Labute approximate surface area is 109 Å². The van der Waals surface area contributed by atoms with Crippen LogP contribution in [0.5, 0.6) is 0 Å². The molecular formula is C10H17N3O2S2. The number of carbonyl (C=O) groups is 1. The number of aliphatic carboxylic acids is 1. The molecule has 0 saturated carbocycles. The van der Waals surface area contributed by atoms with Gasteiger partial charge in [-0.05, 0) is 13.3 Å². The fraction of sp³-hybridized carbons (Fsp3) is 0.700. The monoisotopic (exact) mass is 275 g/mol. The van der Waals surface area contributed by atoms with Crippen LogP contribution in [0.4, 0.5) is 5.13 Å². The van der Waals surface area contributed by atoms with Crippen molar-refractivity contribution in [1.29, 1.82) is 0 Å². The van der Waals surface area contributed by atoms with Crippen LogP contribution < -0.4 is 5.32 Å². The molecule has 0 radical (unpaired) electrons. The Hall–Kier alpha value is -0.820. The van der Waals surface area contributed by atoms with Gasteiger partial charge in [-0.1, -0.05) is 42.9 Å². The number of rotatable bonds is 8. The molecule has 2 N–H and O–H groups in total. The van der Waals surface area contributed by atoms with Crippen LogP contribution in [0.3, 0.4) is 0 Å². The van der Waals surface area contributed by atoms with Gasteiger partial charge in [0.25, 0.3) is 0 Å². The number of carboxylic acids is 1. The average Bonchev–Trinajstić information content (AvgIpc) is 2.71. The first-order valence-corrected chi connectivity index (χ1v) is 7.36. The van der Waals surface area contributed by atoms with Crippen LogP contribution in [0, 0.1) is 0 Å². The number of hydrogen-bond acceptors (Lipinski definition) is 6. The summed E-state index contributed by atoms with van der Waals surface area (Å²) in [7, 11) is 0. The molecule has 17 heavy (non-hydrogen) atoms. The van der Waals surface area contributed by atoms with Crippen LogP contribution in [-0.2, 0) is 4.79 Å². The van der Waals surface area contributed by atoms with E-state index in [9.17, 15) is 4.79 Å². The number of carboxylic acid groups (broad SMARTS) is 1. The molecule has 1 heterocycles. The van der Waals surface area contributed by atoms with Gasteiger partial charge >= 0.3 is 5.97 Å². The van der Waals surface area contributed by atoms with Gasteiger partial charge < -0.3 is 10.4 Å². The van der Waals surface area contributed by atoms with Crippen molar-refractivity contribution in [3.8, 4) is 0 Å². The van der Waals surface area contributed by atoms with Crippen LogP contribution in [-0.4, -0.2) is 33.1 Å². The Morgan fingerprint density at radius 2 is 2.35 bits per heavy atom. The van der Waals surface area contributed by atoms with Gasteiger partial charge in [-0.3, -0.25) is 4.79 Å². The quantitative estimate of drug-likeness (QED) is 0.710. The summed E-state index contributed by atoms with van der Waals surface area (Å²) in [5.74, 6) is -0.809. The Balaban J connectivity index is 2.37. The Kier molecular flexibility index (Phi) is 6.28. The van der Waals surface area contributed by atoms with E-state index < -0.39 is 5.97 Å². The summed E-state index contributed by atoms with van der Waals surface area (Å²) in [6.45, 7) is 4.28. The molecule has 1 rings (SSSR count). The largest absolute Gasteiger partial charge is 0.481 e. The van der Waals surface area contributed by atoms with Gasteiger partial charge in [0.2, 0.25) is 5.13 Å². The second-order valence-corrected chi connectivity index (χ2v) is 5.94. The first-order chi connectivity index (χ1) is 8.11. The summed E-state index contributed by atoms with van der Waals surface area (Å²) in [6, 6.07) is 0.375. The van der Waals surface area contributed by atoms with Crippen molar-refractivity contribution < 1.29 is 9.90 Å². The van der Waals surface area contributed by atoms with Gasteiger partial charge in [-0.2, -0.15) is 0 Å². The predicted octanol–water partition coefficient (Wildman–Crippen LogP) is 2.71. The highest BCUT2D eigenvalue weighted by atomic mass is 32.2. The van der Waals surface area contributed by atoms with Crippen molar-refractivity contribution in [3.63, 3.8) is 0 Å². The summed E-state index contributed by atoms with van der Waals surface area (Å²) in [4.78, 5) is 10.4. The molecule has 0 amide bonds. The van der Waals surface area contributed by atoms with Crippen molar-refractivity contribution in [2.24, 2.45) is 0 Å². The normalized spacial score (nSPS) is 12.4. The maximum atomic E-state index is 10.4. The molecule has 1 unspecified atom stereocenters. The third-order valence-electron chi connectivity index (χ3n) is 2.09. The topological polar surface area (TPSA) is 75.1 Å². The Bertz CT molecular complexity index is 357. The number of unbranched alkanes of at least 4 members (excludes halogenated alkanes) is 1.